The van der Waals surface area contributed by atoms with Gasteiger partial charge in [0.15, 0.2) is 0 Å². The third-order valence-corrected chi connectivity index (χ3v) is 1.91. The Morgan fingerprint density at radius 3 is 2.93 bits per heavy atom. The number of imidazole rings is 1. The number of nitrogen functional groups attached to an aromatic ring is 1. The van der Waals surface area contributed by atoms with Gasteiger partial charge < -0.3 is 10.3 Å². The van der Waals surface area contributed by atoms with Crippen LogP contribution in [0.25, 0.3) is 0 Å². The highest BCUT2D eigenvalue weighted by Crippen LogP contribution is 1.97. The summed E-state index contributed by atoms with van der Waals surface area (Å²) < 4.78 is 3.58. The van der Waals surface area contributed by atoms with Gasteiger partial charge in [0.1, 0.15) is 0 Å². The van der Waals surface area contributed by atoms with E-state index in [0.29, 0.717) is 5.95 Å². The maximum atomic E-state index is 5.51. The van der Waals surface area contributed by atoms with Gasteiger partial charge in [0.05, 0.1) is 6.33 Å². The van der Waals surface area contributed by atoms with Gasteiger partial charge in [0.25, 0.3) is 0 Å². The van der Waals surface area contributed by atoms with Crippen molar-refractivity contribution in [2.75, 3.05) is 5.73 Å². The Balaban J connectivity index is 1.81. The molecule has 0 spiro atoms. The van der Waals surface area contributed by atoms with Crippen molar-refractivity contribution in [2.24, 2.45) is 0 Å². The summed E-state index contributed by atoms with van der Waals surface area (Å²) >= 11 is 0. The number of tetrazole rings is 1. The molecule has 0 aliphatic heterocycles. The molecule has 0 radical (unpaired) electrons. The van der Waals surface area contributed by atoms with Crippen molar-refractivity contribution >= 4 is 5.95 Å². The van der Waals surface area contributed by atoms with Crippen LogP contribution in [0, 0.1) is 0 Å². The van der Waals surface area contributed by atoms with E-state index >= 15 is 0 Å². The van der Waals surface area contributed by atoms with Gasteiger partial charge in [-0.15, -0.1) is 0 Å². The minimum Gasteiger partial charge on any atom is -0.367 e. The van der Waals surface area contributed by atoms with Crippen LogP contribution in [0.3, 0.4) is 0 Å². The maximum absolute atomic E-state index is 5.51. The second-order valence-corrected chi connectivity index (χ2v) is 2.91. The first-order chi connectivity index (χ1) is 6.86. The van der Waals surface area contributed by atoms with Gasteiger partial charge in [-0.05, 0) is 16.8 Å². The highest BCUT2D eigenvalue weighted by molar-refractivity contribution is 5.09. The fourth-order valence-corrected chi connectivity index (χ4v) is 1.19. The van der Waals surface area contributed by atoms with E-state index in [2.05, 4.69) is 20.5 Å². The van der Waals surface area contributed by atoms with Crippen molar-refractivity contribution in [2.45, 2.75) is 19.5 Å². The maximum Gasteiger partial charge on any atom is 0.240 e. The van der Waals surface area contributed by atoms with Crippen molar-refractivity contribution in [3.63, 3.8) is 0 Å². The van der Waals surface area contributed by atoms with Crippen molar-refractivity contribution < 1.29 is 0 Å². The molecule has 2 N–H and O–H groups in total. The lowest BCUT2D eigenvalue weighted by atomic mass is 10.4. The molecule has 7 heteroatoms. The largest absolute Gasteiger partial charge is 0.367 e. The van der Waals surface area contributed by atoms with Gasteiger partial charge in [0, 0.05) is 25.5 Å². The lowest BCUT2D eigenvalue weighted by Gasteiger charge is -2.02. The SMILES string of the molecule is Nc1nnnn1CCCn1ccnc1. The molecule has 2 rings (SSSR count). The summed E-state index contributed by atoms with van der Waals surface area (Å²) in [7, 11) is 0. The first-order valence-corrected chi connectivity index (χ1v) is 4.33. The fourth-order valence-electron chi connectivity index (χ4n) is 1.19. The zero-order valence-corrected chi connectivity index (χ0v) is 7.61. The van der Waals surface area contributed by atoms with Crippen LogP contribution in [0.4, 0.5) is 5.95 Å². The van der Waals surface area contributed by atoms with Crippen molar-refractivity contribution in [1.29, 1.82) is 0 Å². The molecule has 0 aliphatic carbocycles. The second-order valence-electron chi connectivity index (χ2n) is 2.91. The number of rotatable bonds is 4. The van der Waals surface area contributed by atoms with E-state index in [1.165, 1.54) is 0 Å². The van der Waals surface area contributed by atoms with E-state index in [9.17, 15) is 0 Å². The fraction of sp³-hybridized carbons (Fsp3) is 0.429. The van der Waals surface area contributed by atoms with Crippen LogP contribution in [-0.2, 0) is 13.1 Å². The molecule has 0 aliphatic rings. The Hall–Kier alpha value is -1.92. The molecule has 0 unspecified atom stereocenters. The number of anilines is 1. The lowest BCUT2D eigenvalue weighted by molar-refractivity contribution is 0.519. The number of aromatic nitrogens is 6. The number of hydrogen-bond acceptors (Lipinski definition) is 5. The highest BCUT2D eigenvalue weighted by Gasteiger charge is 1.99. The van der Waals surface area contributed by atoms with Crippen LogP contribution < -0.4 is 5.73 Å². The van der Waals surface area contributed by atoms with Gasteiger partial charge in [0.2, 0.25) is 5.95 Å². The van der Waals surface area contributed by atoms with Crippen LogP contribution >= 0.6 is 0 Å². The van der Waals surface area contributed by atoms with E-state index in [-0.39, 0.29) is 0 Å². The molecule has 2 aromatic heterocycles. The molecular weight excluding hydrogens is 182 g/mol. The zero-order chi connectivity index (χ0) is 9.80. The predicted octanol–water partition coefficient (Wildman–Crippen LogP) is -0.458. The molecule has 2 heterocycles. The molecule has 0 saturated carbocycles. The number of aryl methyl sites for hydroxylation is 2. The molecule has 2 aromatic rings. The Morgan fingerprint density at radius 1 is 1.36 bits per heavy atom. The molecule has 0 amide bonds. The summed E-state index contributed by atoms with van der Waals surface area (Å²) in [5, 5.41) is 10.8. The normalized spacial score (nSPS) is 10.6. The smallest absolute Gasteiger partial charge is 0.240 e. The Kier molecular flexibility index (Phi) is 2.39. The summed E-state index contributed by atoms with van der Waals surface area (Å²) in [5.74, 6) is 0.357. The molecule has 0 fully saturated rings. The van der Waals surface area contributed by atoms with E-state index in [1.807, 2.05) is 10.8 Å². The van der Waals surface area contributed by atoms with E-state index in [0.717, 1.165) is 19.5 Å². The lowest BCUT2D eigenvalue weighted by Crippen LogP contribution is -2.07. The summed E-state index contributed by atoms with van der Waals surface area (Å²) in [6, 6.07) is 0. The van der Waals surface area contributed by atoms with Crippen molar-refractivity contribution in [3.8, 4) is 0 Å². The summed E-state index contributed by atoms with van der Waals surface area (Å²) in [5.41, 5.74) is 5.51. The summed E-state index contributed by atoms with van der Waals surface area (Å²) in [6.45, 7) is 1.61. The first kappa shape index (κ1) is 8.67. The van der Waals surface area contributed by atoms with Crippen LogP contribution in [0.5, 0.6) is 0 Å². The summed E-state index contributed by atoms with van der Waals surface area (Å²) in [4.78, 5) is 3.95. The zero-order valence-electron chi connectivity index (χ0n) is 7.61. The van der Waals surface area contributed by atoms with Crippen molar-refractivity contribution in [1.82, 2.24) is 29.8 Å². The quantitative estimate of drug-likeness (QED) is 0.710. The molecular formula is C7H11N7. The average molecular weight is 193 g/mol. The molecule has 0 atom stereocenters. The number of nitrogens with zero attached hydrogens (tertiary/aromatic N) is 6. The Bertz CT molecular complexity index is 376. The van der Waals surface area contributed by atoms with Gasteiger partial charge in [-0.25, -0.2) is 9.67 Å². The van der Waals surface area contributed by atoms with Gasteiger partial charge in [-0.3, -0.25) is 0 Å². The second kappa shape index (κ2) is 3.86. The van der Waals surface area contributed by atoms with Crippen LogP contribution in [-0.4, -0.2) is 29.8 Å². The Morgan fingerprint density at radius 2 is 2.29 bits per heavy atom. The molecule has 14 heavy (non-hydrogen) atoms. The monoisotopic (exact) mass is 193 g/mol. The van der Waals surface area contributed by atoms with Crippen LogP contribution in [0.1, 0.15) is 6.42 Å². The Labute approximate surface area is 80.5 Å². The van der Waals surface area contributed by atoms with Crippen molar-refractivity contribution in [3.05, 3.63) is 18.7 Å². The van der Waals surface area contributed by atoms with E-state index < -0.39 is 0 Å². The highest BCUT2D eigenvalue weighted by atomic mass is 15.6. The topological polar surface area (TPSA) is 87.4 Å². The third-order valence-electron chi connectivity index (χ3n) is 1.91. The van der Waals surface area contributed by atoms with Gasteiger partial charge in [-0.2, -0.15) is 0 Å². The predicted molar refractivity (Wildman–Crippen MR) is 49.1 cm³/mol. The standard InChI is InChI=1S/C7H11N7/c8-7-10-11-12-14(7)4-1-3-13-5-2-9-6-13/h2,5-6H,1,3-4H2,(H2,8,10,12). The number of nitrogens with two attached hydrogens (primary N) is 1. The average Bonchev–Trinajstić information content (AvgIpc) is 2.78. The molecule has 0 saturated heterocycles. The van der Waals surface area contributed by atoms with Gasteiger partial charge in [-0.1, -0.05) is 5.10 Å². The van der Waals surface area contributed by atoms with Crippen LogP contribution in [0.15, 0.2) is 18.7 Å². The molecule has 0 aromatic carbocycles. The summed E-state index contributed by atoms with van der Waals surface area (Å²) in [6.07, 6.45) is 6.38. The minimum absolute atomic E-state index is 0.357. The molecule has 0 bridgehead atoms. The van der Waals surface area contributed by atoms with Gasteiger partial charge >= 0.3 is 0 Å². The minimum atomic E-state index is 0.357. The number of hydrogen-bond donors (Lipinski definition) is 1. The van der Waals surface area contributed by atoms with E-state index in [1.54, 1.807) is 17.2 Å². The third kappa shape index (κ3) is 1.87. The molecule has 74 valence electrons. The van der Waals surface area contributed by atoms with Crippen LogP contribution in [0.2, 0.25) is 0 Å². The first-order valence-electron chi connectivity index (χ1n) is 4.33. The van der Waals surface area contributed by atoms with E-state index in [4.69, 9.17) is 5.73 Å². The molecule has 7 nitrogen and oxygen atoms in total.